The van der Waals surface area contributed by atoms with Gasteiger partial charge in [0.2, 0.25) is 0 Å². The molecule has 0 unspecified atom stereocenters. The predicted molar refractivity (Wildman–Crippen MR) is 100 cm³/mol. The molecule has 0 atom stereocenters. The summed E-state index contributed by atoms with van der Waals surface area (Å²) in [6, 6.07) is 9.94. The fourth-order valence-electron chi connectivity index (χ4n) is 3.65. The van der Waals surface area contributed by atoms with Crippen LogP contribution in [0.15, 0.2) is 53.7 Å². The number of rotatable bonds is 4. The maximum Gasteiger partial charge on any atom is 0.274 e. The number of fused-ring (bicyclic) bond motifs is 1. The molecular formula is C20H21N5O2. The molecule has 0 saturated carbocycles. The zero-order valence-electron chi connectivity index (χ0n) is 15.2. The summed E-state index contributed by atoms with van der Waals surface area (Å²) in [4.78, 5) is 35.5. The van der Waals surface area contributed by atoms with Gasteiger partial charge in [0.15, 0.2) is 0 Å². The molecule has 0 fully saturated rings. The van der Waals surface area contributed by atoms with Gasteiger partial charge in [-0.25, -0.2) is 9.67 Å². The summed E-state index contributed by atoms with van der Waals surface area (Å²) in [7, 11) is 0. The van der Waals surface area contributed by atoms with Crippen LogP contribution in [-0.4, -0.2) is 36.7 Å². The molecule has 7 heteroatoms. The fraction of sp³-hybridized carbons (Fsp3) is 0.300. The largest absolute Gasteiger partial charge is 0.331 e. The van der Waals surface area contributed by atoms with E-state index in [0.29, 0.717) is 38.3 Å². The van der Waals surface area contributed by atoms with Gasteiger partial charge in [-0.05, 0) is 18.9 Å². The topological polar surface area (TPSA) is 73.0 Å². The molecule has 0 bridgehead atoms. The number of hydrogen-bond donors (Lipinski definition) is 0. The molecule has 2 aromatic heterocycles. The van der Waals surface area contributed by atoms with E-state index in [2.05, 4.69) is 9.97 Å². The Labute approximate surface area is 156 Å². The van der Waals surface area contributed by atoms with Gasteiger partial charge in [-0.3, -0.25) is 19.3 Å². The van der Waals surface area contributed by atoms with Crippen LogP contribution in [0.4, 0.5) is 0 Å². The second-order valence-electron chi connectivity index (χ2n) is 6.56. The van der Waals surface area contributed by atoms with Crippen molar-refractivity contribution in [3.8, 4) is 0 Å². The van der Waals surface area contributed by atoms with E-state index in [-0.39, 0.29) is 11.5 Å². The van der Waals surface area contributed by atoms with Crippen molar-refractivity contribution in [2.45, 2.75) is 33.0 Å². The molecular weight excluding hydrogens is 342 g/mol. The highest BCUT2D eigenvalue weighted by molar-refractivity contribution is 5.92. The van der Waals surface area contributed by atoms with Gasteiger partial charge < -0.3 is 4.90 Å². The Kier molecular flexibility index (Phi) is 4.58. The van der Waals surface area contributed by atoms with E-state index in [1.165, 1.54) is 12.4 Å². The number of carbonyl (C=O) groups excluding carboxylic acids is 1. The quantitative estimate of drug-likeness (QED) is 0.707. The van der Waals surface area contributed by atoms with Crippen LogP contribution >= 0.6 is 0 Å². The third kappa shape index (κ3) is 3.16. The fourth-order valence-corrected chi connectivity index (χ4v) is 3.65. The van der Waals surface area contributed by atoms with Gasteiger partial charge in [0, 0.05) is 31.0 Å². The number of carbonyl (C=O) groups is 1. The van der Waals surface area contributed by atoms with Crippen molar-refractivity contribution >= 4 is 5.91 Å². The van der Waals surface area contributed by atoms with Crippen molar-refractivity contribution in [2.75, 3.05) is 6.54 Å². The molecule has 1 aliphatic rings. The van der Waals surface area contributed by atoms with Crippen LogP contribution in [0, 0.1) is 0 Å². The highest BCUT2D eigenvalue weighted by Gasteiger charge is 2.29. The molecule has 138 valence electrons. The maximum absolute atomic E-state index is 13.0. The van der Waals surface area contributed by atoms with Gasteiger partial charge >= 0.3 is 0 Å². The van der Waals surface area contributed by atoms with E-state index >= 15 is 0 Å². The van der Waals surface area contributed by atoms with Crippen molar-refractivity contribution in [3.05, 3.63) is 81.8 Å². The van der Waals surface area contributed by atoms with Crippen LogP contribution in [-0.2, 0) is 26.1 Å². The van der Waals surface area contributed by atoms with E-state index in [1.54, 1.807) is 15.8 Å². The lowest BCUT2D eigenvalue weighted by Gasteiger charge is -2.27. The first-order valence-electron chi connectivity index (χ1n) is 9.09. The van der Waals surface area contributed by atoms with Crippen LogP contribution in [0.5, 0.6) is 0 Å². The lowest BCUT2D eigenvalue weighted by Crippen LogP contribution is -2.37. The van der Waals surface area contributed by atoms with Crippen molar-refractivity contribution in [3.63, 3.8) is 0 Å². The molecule has 1 aliphatic heterocycles. The molecule has 4 rings (SSSR count). The minimum Gasteiger partial charge on any atom is -0.331 e. The molecule has 7 nitrogen and oxygen atoms in total. The molecule has 0 spiro atoms. The number of aromatic nitrogens is 4. The van der Waals surface area contributed by atoms with Crippen LogP contribution < -0.4 is 5.56 Å². The first-order valence-corrected chi connectivity index (χ1v) is 9.09. The van der Waals surface area contributed by atoms with E-state index in [9.17, 15) is 9.59 Å². The molecule has 0 radical (unpaired) electrons. The molecule has 0 aliphatic carbocycles. The summed E-state index contributed by atoms with van der Waals surface area (Å²) in [5.74, 6) is -0.153. The van der Waals surface area contributed by atoms with Gasteiger partial charge in [-0.1, -0.05) is 30.3 Å². The Morgan fingerprint density at radius 2 is 1.96 bits per heavy atom. The van der Waals surface area contributed by atoms with E-state index in [0.717, 1.165) is 16.8 Å². The molecule has 3 heterocycles. The minimum atomic E-state index is -0.153. The third-order valence-electron chi connectivity index (χ3n) is 4.96. The highest BCUT2D eigenvalue weighted by atomic mass is 16.2. The summed E-state index contributed by atoms with van der Waals surface area (Å²) in [5, 5.41) is 0. The van der Waals surface area contributed by atoms with Crippen molar-refractivity contribution in [2.24, 2.45) is 0 Å². The number of hydrogen-bond acceptors (Lipinski definition) is 4. The van der Waals surface area contributed by atoms with Gasteiger partial charge in [-0.15, -0.1) is 0 Å². The molecule has 0 N–H and O–H groups in total. The summed E-state index contributed by atoms with van der Waals surface area (Å²) in [6.07, 6.45) is 5.09. The Balaban J connectivity index is 1.66. The molecule has 1 amide bonds. The maximum atomic E-state index is 13.0. The third-order valence-corrected chi connectivity index (χ3v) is 4.96. The highest BCUT2D eigenvalue weighted by Crippen LogP contribution is 2.19. The second-order valence-corrected chi connectivity index (χ2v) is 6.56. The second kappa shape index (κ2) is 7.19. The van der Waals surface area contributed by atoms with Crippen molar-refractivity contribution < 1.29 is 4.79 Å². The van der Waals surface area contributed by atoms with Crippen LogP contribution in [0.1, 0.15) is 34.2 Å². The van der Waals surface area contributed by atoms with Gasteiger partial charge in [0.05, 0.1) is 25.0 Å². The number of amides is 1. The standard InChI is InChI=1S/C20H21N5O2/c1-2-24-18-14-23(20(27)17-12-21-9-10-22-17)11-8-16(18)19(26)25(24)13-15-6-4-3-5-7-15/h3-7,9-10,12H,2,8,11,13-14H2,1H3. The van der Waals surface area contributed by atoms with Gasteiger partial charge in [0.25, 0.3) is 11.5 Å². The van der Waals surface area contributed by atoms with Gasteiger partial charge in [0.1, 0.15) is 5.69 Å². The monoisotopic (exact) mass is 363 g/mol. The SMILES string of the molecule is CCn1c2c(c(=O)n1Cc1ccccc1)CCN(C(=O)c1cnccn1)C2. The molecule has 27 heavy (non-hydrogen) atoms. The lowest BCUT2D eigenvalue weighted by molar-refractivity contribution is 0.0722. The van der Waals surface area contributed by atoms with E-state index in [1.807, 2.05) is 41.9 Å². The molecule has 0 saturated heterocycles. The zero-order chi connectivity index (χ0) is 18.8. The van der Waals surface area contributed by atoms with Crippen LogP contribution in [0.25, 0.3) is 0 Å². The Morgan fingerprint density at radius 3 is 2.67 bits per heavy atom. The van der Waals surface area contributed by atoms with Gasteiger partial charge in [-0.2, -0.15) is 0 Å². The van der Waals surface area contributed by atoms with Crippen molar-refractivity contribution in [1.82, 2.24) is 24.2 Å². The van der Waals surface area contributed by atoms with E-state index in [4.69, 9.17) is 0 Å². The normalized spacial score (nSPS) is 13.4. The average molecular weight is 363 g/mol. The first kappa shape index (κ1) is 17.2. The number of nitrogens with zero attached hydrogens (tertiary/aromatic N) is 5. The summed E-state index contributed by atoms with van der Waals surface area (Å²) < 4.78 is 3.79. The van der Waals surface area contributed by atoms with Crippen LogP contribution in [0.2, 0.25) is 0 Å². The summed E-state index contributed by atoms with van der Waals surface area (Å²) >= 11 is 0. The first-order chi connectivity index (χ1) is 13.2. The number of benzene rings is 1. The summed E-state index contributed by atoms with van der Waals surface area (Å²) in [5.41, 5.74) is 3.19. The Hall–Kier alpha value is -3.22. The molecule has 3 aromatic rings. The molecule has 1 aromatic carbocycles. The van der Waals surface area contributed by atoms with Crippen molar-refractivity contribution in [1.29, 1.82) is 0 Å². The lowest BCUT2D eigenvalue weighted by atomic mass is 10.1. The minimum absolute atomic E-state index is 0.0438. The smallest absolute Gasteiger partial charge is 0.274 e. The van der Waals surface area contributed by atoms with Crippen LogP contribution in [0.3, 0.4) is 0 Å². The zero-order valence-corrected chi connectivity index (χ0v) is 15.2. The average Bonchev–Trinajstić information content (AvgIpc) is 2.99. The van der Waals surface area contributed by atoms with E-state index < -0.39 is 0 Å². The Morgan fingerprint density at radius 1 is 1.15 bits per heavy atom. The Bertz CT molecular complexity index is 1010. The predicted octanol–water partition coefficient (Wildman–Crippen LogP) is 1.71. The summed E-state index contributed by atoms with van der Waals surface area (Å²) in [6.45, 7) is 4.14.